The molecule has 2 N–H and O–H groups in total. The zero-order valence-electron chi connectivity index (χ0n) is 15.3. The number of amides is 1. The Morgan fingerprint density at radius 2 is 2.15 bits per heavy atom. The van der Waals surface area contributed by atoms with E-state index >= 15 is 0 Å². The molecule has 2 aromatic heterocycles. The summed E-state index contributed by atoms with van der Waals surface area (Å²) in [7, 11) is 1.62. The highest BCUT2D eigenvalue weighted by atomic mass is 16.5. The third-order valence-corrected chi connectivity index (χ3v) is 4.80. The Hall–Kier alpha value is -2.87. The highest BCUT2D eigenvalue weighted by Crippen LogP contribution is 2.21. The van der Waals surface area contributed by atoms with E-state index in [0.717, 1.165) is 29.7 Å². The molecule has 1 amide bonds. The number of likely N-dealkylation sites (tertiary alicyclic amines) is 1. The third-order valence-electron chi connectivity index (χ3n) is 4.80. The van der Waals surface area contributed by atoms with Crippen LogP contribution in [0.25, 0.3) is 10.9 Å². The van der Waals surface area contributed by atoms with Crippen molar-refractivity contribution in [1.82, 2.24) is 25.3 Å². The van der Waals surface area contributed by atoms with E-state index in [-0.39, 0.29) is 12.5 Å². The van der Waals surface area contributed by atoms with Crippen LogP contribution in [0.15, 0.2) is 28.8 Å². The van der Waals surface area contributed by atoms with E-state index in [4.69, 9.17) is 9.26 Å². The molecule has 0 atom stereocenters. The second kappa shape index (κ2) is 7.79. The van der Waals surface area contributed by atoms with E-state index in [9.17, 15) is 4.79 Å². The van der Waals surface area contributed by atoms with Crippen molar-refractivity contribution in [2.24, 2.45) is 0 Å². The summed E-state index contributed by atoms with van der Waals surface area (Å²) in [6.45, 7) is 3.05. The van der Waals surface area contributed by atoms with Gasteiger partial charge in [0.05, 0.1) is 20.2 Å². The number of nitrogens with one attached hydrogen (secondary N) is 2. The monoisotopic (exact) mass is 369 g/mol. The van der Waals surface area contributed by atoms with Crippen LogP contribution in [-0.2, 0) is 13.1 Å². The van der Waals surface area contributed by atoms with Gasteiger partial charge >= 0.3 is 0 Å². The minimum Gasteiger partial charge on any atom is -0.497 e. The van der Waals surface area contributed by atoms with Crippen LogP contribution in [-0.4, -0.2) is 46.1 Å². The number of rotatable bonds is 6. The van der Waals surface area contributed by atoms with Crippen molar-refractivity contribution in [3.63, 3.8) is 0 Å². The molecule has 0 aliphatic carbocycles. The number of H-pyrrole nitrogens is 1. The molecule has 1 aromatic carbocycles. The molecule has 1 fully saturated rings. The second-order valence-corrected chi connectivity index (χ2v) is 6.76. The summed E-state index contributed by atoms with van der Waals surface area (Å²) in [6, 6.07) is 7.41. The largest absolute Gasteiger partial charge is 0.497 e. The van der Waals surface area contributed by atoms with Crippen LogP contribution >= 0.6 is 0 Å². The molecule has 8 nitrogen and oxygen atoms in total. The van der Waals surface area contributed by atoms with E-state index in [2.05, 4.69) is 25.3 Å². The van der Waals surface area contributed by atoms with Crippen LogP contribution in [0, 0.1) is 0 Å². The number of hydrogen-bond acceptors (Lipinski definition) is 6. The standard InChI is InChI=1S/C19H23N5O3/c1-26-14-5-6-15-13(9-14)10-16(21-15)19(25)20-11-18-22-17(23-27-18)12-24-7-3-2-4-8-24/h5-6,9-10,21H,2-4,7-8,11-12H2,1H3,(H,20,25). The van der Waals surface area contributed by atoms with Crippen LogP contribution in [0.5, 0.6) is 5.75 Å². The average molecular weight is 369 g/mol. The van der Waals surface area contributed by atoms with Crippen LogP contribution in [0.3, 0.4) is 0 Å². The van der Waals surface area contributed by atoms with Crippen LogP contribution in [0.2, 0.25) is 0 Å². The molecular formula is C19H23N5O3. The zero-order chi connectivity index (χ0) is 18.6. The van der Waals surface area contributed by atoms with Gasteiger partial charge in [-0.2, -0.15) is 4.98 Å². The molecule has 3 aromatic rings. The first-order chi connectivity index (χ1) is 13.2. The number of nitrogens with zero attached hydrogens (tertiary/aromatic N) is 3. The molecular weight excluding hydrogens is 346 g/mol. The second-order valence-electron chi connectivity index (χ2n) is 6.76. The number of methoxy groups -OCH3 is 1. The Kier molecular flexibility index (Phi) is 5.06. The molecule has 0 saturated carbocycles. The topological polar surface area (TPSA) is 96.3 Å². The number of fused-ring (bicyclic) bond motifs is 1. The average Bonchev–Trinajstić information content (AvgIpc) is 3.33. The van der Waals surface area contributed by atoms with E-state index in [1.807, 2.05) is 18.2 Å². The van der Waals surface area contributed by atoms with Crippen LogP contribution < -0.4 is 10.1 Å². The van der Waals surface area contributed by atoms with Crippen LogP contribution in [0.4, 0.5) is 0 Å². The lowest BCUT2D eigenvalue weighted by molar-refractivity contribution is 0.0942. The first-order valence-electron chi connectivity index (χ1n) is 9.20. The van der Waals surface area contributed by atoms with E-state index < -0.39 is 0 Å². The van der Waals surface area contributed by atoms with Crippen molar-refractivity contribution in [2.45, 2.75) is 32.4 Å². The molecule has 8 heteroatoms. The lowest BCUT2D eigenvalue weighted by atomic mass is 10.1. The maximum Gasteiger partial charge on any atom is 0.268 e. The quantitative estimate of drug-likeness (QED) is 0.693. The molecule has 0 spiro atoms. The summed E-state index contributed by atoms with van der Waals surface area (Å²) in [5.74, 6) is 1.61. The summed E-state index contributed by atoms with van der Waals surface area (Å²) < 4.78 is 10.5. The molecule has 142 valence electrons. The van der Waals surface area contributed by atoms with Crippen molar-refractivity contribution >= 4 is 16.8 Å². The van der Waals surface area contributed by atoms with Gasteiger partial charge in [-0.15, -0.1) is 0 Å². The zero-order valence-corrected chi connectivity index (χ0v) is 15.3. The van der Waals surface area contributed by atoms with Gasteiger partial charge in [0, 0.05) is 10.9 Å². The number of carbonyl (C=O) groups excluding carboxylic acids is 1. The summed E-state index contributed by atoms with van der Waals surface area (Å²) in [6.07, 6.45) is 3.73. The molecule has 1 saturated heterocycles. The highest BCUT2D eigenvalue weighted by Gasteiger charge is 2.15. The number of benzene rings is 1. The Labute approximate surface area is 156 Å². The number of aromatic nitrogens is 3. The minimum atomic E-state index is -0.221. The van der Waals surface area contributed by atoms with Gasteiger partial charge in [-0.3, -0.25) is 9.69 Å². The molecule has 4 rings (SSSR count). The van der Waals surface area contributed by atoms with E-state index in [0.29, 0.717) is 24.0 Å². The molecule has 0 radical (unpaired) electrons. The smallest absolute Gasteiger partial charge is 0.268 e. The summed E-state index contributed by atoms with van der Waals surface area (Å²) in [4.78, 5) is 22.2. The number of aromatic amines is 1. The molecule has 0 bridgehead atoms. The maximum absolute atomic E-state index is 12.4. The van der Waals surface area contributed by atoms with Gasteiger partial charge in [-0.25, -0.2) is 0 Å². The Morgan fingerprint density at radius 3 is 2.96 bits per heavy atom. The first-order valence-corrected chi connectivity index (χ1v) is 9.20. The summed E-state index contributed by atoms with van der Waals surface area (Å²) >= 11 is 0. The summed E-state index contributed by atoms with van der Waals surface area (Å²) in [5, 5.41) is 7.74. The molecule has 1 aliphatic heterocycles. The number of ether oxygens (including phenoxy) is 1. The van der Waals surface area contributed by atoms with Crippen molar-refractivity contribution in [1.29, 1.82) is 0 Å². The Bertz CT molecular complexity index is 926. The fourth-order valence-corrected chi connectivity index (χ4v) is 3.35. The number of carbonyl (C=O) groups is 1. The van der Waals surface area contributed by atoms with Gasteiger partial charge in [0.2, 0.25) is 5.89 Å². The molecule has 1 aliphatic rings. The molecule has 3 heterocycles. The van der Waals surface area contributed by atoms with Crippen molar-refractivity contribution in [2.75, 3.05) is 20.2 Å². The Balaban J connectivity index is 1.35. The third kappa shape index (κ3) is 4.11. The van der Waals surface area contributed by atoms with Crippen LogP contribution in [0.1, 0.15) is 41.5 Å². The number of hydrogen-bond donors (Lipinski definition) is 2. The van der Waals surface area contributed by atoms with Gasteiger partial charge in [0.1, 0.15) is 11.4 Å². The highest BCUT2D eigenvalue weighted by molar-refractivity contribution is 5.98. The fourth-order valence-electron chi connectivity index (χ4n) is 3.35. The molecule has 27 heavy (non-hydrogen) atoms. The normalized spacial score (nSPS) is 15.1. The maximum atomic E-state index is 12.4. The Morgan fingerprint density at radius 1 is 1.30 bits per heavy atom. The number of piperidine rings is 1. The van der Waals surface area contributed by atoms with Gasteiger partial charge in [-0.05, 0) is 50.2 Å². The van der Waals surface area contributed by atoms with E-state index in [1.54, 1.807) is 13.2 Å². The van der Waals surface area contributed by atoms with Gasteiger partial charge in [0.25, 0.3) is 5.91 Å². The van der Waals surface area contributed by atoms with E-state index in [1.165, 1.54) is 19.3 Å². The van der Waals surface area contributed by atoms with Gasteiger partial charge < -0.3 is 19.6 Å². The fraction of sp³-hybridized carbons (Fsp3) is 0.421. The first kappa shape index (κ1) is 17.5. The minimum absolute atomic E-state index is 0.199. The SMILES string of the molecule is COc1ccc2[nH]c(C(=O)NCc3nc(CN4CCCCC4)no3)cc2c1. The lowest BCUT2D eigenvalue weighted by Crippen LogP contribution is -2.29. The summed E-state index contributed by atoms with van der Waals surface area (Å²) in [5.41, 5.74) is 1.36. The predicted molar refractivity (Wildman–Crippen MR) is 99.4 cm³/mol. The lowest BCUT2D eigenvalue weighted by Gasteiger charge is -2.24. The van der Waals surface area contributed by atoms with Gasteiger partial charge in [0.15, 0.2) is 5.82 Å². The predicted octanol–water partition coefficient (Wildman–Crippen LogP) is 2.48. The van der Waals surface area contributed by atoms with Crippen molar-refractivity contribution < 1.29 is 14.1 Å². The molecule has 0 unspecified atom stereocenters. The van der Waals surface area contributed by atoms with Crippen molar-refractivity contribution in [3.8, 4) is 5.75 Å². The van der Waals surface area contributed by atoms with Crippen molar-refractivity contribution in [3.05, 3.63) is 41.7 Å². The van der Waals surface area contributed by atoms with Gasteiger partial charge in [-0.1, -0.05) is 11.6 Å².